The Labute approximate surface area is 128 Å². The van der Waals surface area contributed by atoms with E-state index >= 15 is 0 Å². The molecule has 2 aromatic rings. The van der Waals surface area contributed by atoms with E-state index in [2.05, 4.69) is 63.7 Å². The minimum Gasteiger partial charge on any atom is -0.488 e. The highest BCUT2D eigenvalue weighted by molar-refractivity contribution is 9.10. The van der Waals surface area contributed by atoms with E-state index in [1.165, 1.54) is 17.5 Å². The van der Waals surface area contributed by atoms with Crippen LogP contribution in [0.15, 0.2) is 53.0 Å². The topological polar surface area (TPSA) is 21.3 Å². The minimum atomic E-state index is 0.280. The molecule has 0 spiro atoms. The standard InChI is InChI=1S/C17H18BrNO/c18-16-11-14(13-5-2-1-3-6-13)8-9-17(16)20-15-7-4-10-19-12-15/h1-3,5-6,8-9,11,15,19H,4,7,10,12H2. The van der Waals surface area contributed by atoms with Crippen molar-refractivity contribution in [2.75, 3.05) is 13.1 Å². The van der Waals surface area contributed by atoms with Gasteiger partial charge in [-0.05, 0) is 58.6 Å². The van der Waals surface area contributed by atoms with Crippen LogP contribution in [0.3, 0.4) is 0 Å². The van der Waals surface area contributed by atoms with Crippen molar-refractivity contribution in [1.29, 1.82) is 0 Å². The van der Waals surface area contributed by atoms with Gasteiger partial charge in [-0.1, -0.05) is 36.4 Å². The predicted octanol–water partition coefficient (Wildman–Crippen LogP) is 4.25. The van der Waals surface area contributed by atoms with Crippen molar-refractivity contribution < 1.29 is 4.74 Å². The fraction of sp³-hybridized carbons (Fsp3) is 0.294. The number of piperidine rings is 1. The number of halogens is 1. The van der Waals surface area contributed by atoms with Gasteiger partial charge in [0.05, 0.1) is 4.47 Å². The van der Waals surface area contributed by atoms with Gasteiger partial charge in [-0.25, -0.2) is 0 Å². The van der Waals surface area contributed by atoms with E-state index in [1.54, 1.807) is 0 Å². The van der Waals surface area contributed by atoms with Gasteiger partial charge in [0.15, 0.2) is 0 Å². The molecule has 1 aliphatic rings. The summed E-state index contributed by atoms with van der Waals surface area (Å²) >= 11 is 3.63. The molecule has 0 saturated carbocycles. The first kappa shape index (κ1) is 13.7. The van der Waals surface area contributed by atoms with E-state index < -0.39 is 0 Å². The van der Waals surface area contributed by atoms with Crippen LogP contribution in [-0.2, 0) is 0 Å². The van der Waals surface area contributed by atoms with Gasteiger partial charge in [-0.15, -0.1) is 0 Å². The third-order valence-corrected chi connectivity index (χ3v) is 4.20. The maximum Gasteiger partial charge on any atom is 0.134 e. The van der Waals surface area contributed by atoms with E-state index in [-0.39, 0.29) is 6.10 Å². The Kier molecular flexibility index (Phi) is 4.38. The average Bonchev–Trinajstić information content (AvgIpc) is 2.51. The SMILES string of the molecule is Brc1cc(-c2ccccc2)ccc1OC1CCCNC1. The Balaban J connectivity index is 1.77. The Morgan fingerprint density at radius 1 is 1.05 bits per heavy atom. The van der Waals surface area contributed by atoms with Gasteiger partial charge in [-0.2, -0.15) is 0 Å². The fourth-order valence-corrected chi connectivity index (χ4v) is 2.98. The zero-order chi connectivity index (χ0) is 13.8. The summed E-state index contributed by atoms with van der Waals surface area (Å²) in [4.78, 5) is 0. The quantitative estimate of drug-likeness (QED) is 0.907. The van der Waals surface area contributed by atoms with E-state index in [1.807, 2.05) is 6.07 Å². The molecular formula is C17H18BrNO. The number of ether oxygens (including phenoxy) is 1. The molecule has 1 N–H and O–H groups in total. The second-order valence-corrected chi connectivity index (χ2v) is 5.95. The summed E-state index contributed by atoms with van der Waals surface area (Å²) in [5, 5.41) is 3.37. The molecule has 1 heterocycles. The first-order valence-electron chi connectivity index (χ1n) is 7.05. The monoisotopic (exact) mass is 331 g/mol. The summed E-state index contributed by atoms with van der Waals surface area (Å²) in [6.07, 6.45) is 2.59. The van der Waals surface area contributed by atoms with Crippen LogP contribution in [-0.4, -0.2) is 19.2 Å². The number of hydrogen-bond acceptors (Lipinski definition) is 2. The van der Waals surface area contributed by atoms with Gasteiger partial charge in [0, 0.05) is 6.54 Å². The van der Waals surface area contributed by atoms with Crippen molar-refractivity contribution in [1.82, 2.24) is 5.32 Å². The second kappa shape index (κ2) is 6.42. The van der Waals surface area contributed by atoms with Crippen LogP contribution in [0.2, 0.25) is 0 Å². The molecule has 1 unspecified atom stereocenters. The Hall–Kier alpha value is -1.32. The molecule has 2 aromatic carbocycles. The maximum atomic E-state index is 6.07. The van der Waals surface area contributed by atoms with Gasteiger partial charge < -0.3 is 10.1 Å². The molecule has 0 aromatic heterocycles. The summed E-state index contributed by atoms with van der Waals surface area (Å²) in [5.74, 6) is 0.929. The van der Waals surface area contributed by atoms with E-state index in [0.717, 1.165) is 29.7 Å². The highest BCUT2D eigenvalue weighted by Gasteiger charge is 2.15. The lowest BCUT2D eigenvalue weighted by Crippen LogP contribution is -2.37. The van der Waals surface area contributed by atoms with Crippen molar-refractivity contribution in [3.05, 3.63) is 53.0 Å². The van der Waals surface area contributed by atoms with Gasteiger partial charge in [0.1, 0.15) is 11.9 Å². The molecule has 0 amide bonds. The van der Waals surface area contributed by atoms with E-state index in [9.17, 15) is 0 Å². The lowest BCUT2D eigenvalue weighted by atomic mass is 10.1. The van der Waals surface area contributed by atoms with Gasteiger partial charge in [-0.3, -0.25) is 0 Å². The predicted molar refractivity (Wildman–Crippen MR) is 86.1 cm³/mol. The zero-order valence-electron chi connectivity index (χ0n) is 11.3. The number of hydrogen-bond donors (Lipinski definition) is 1. The minimum absolute atomic E-state index is 0.280. The smallest absolute Gasteiger partial charge is 0.134 e. The number of nitrogens with one attached hydrogen (secondary N) is 1. The molecule has 3 heteroatoms. The molecule has 104 valence electrons. The van der Waals surface area contributed by atoms with Crippen LogP contribution in [0.1, 0.15) is 12.8 Å². The highest BCUT2D eigenvalue weighted by atomic mass is 79.9. The molecule has 0 aliphatic carbocycles. The molecular weight excluding hydrogens is 314 g/mol. The molecule has 3 rings (SSSR count). The first-order chi connectivity index (χ1) is 9.83. The lowest BCUT2D eigenvalue weighted by molar-refractivity contribution is 0.166. The fourth-order valence-electron chi connectivity index (χ4n) is 2.51. The second-order valence-electron chi connectivity index (χ2n) is 5.10. The van der Waals surface area contributed by atoms with Gasteiger partial charge >= 0.3 is 0 Å². The van der Waals surface area contributed by atoms with Crippen LogP contribution in [0.5, 0.6) is 5.75 Å². The third kappa shape index (κ3) is 3.22. The summed E-state index contributed by atoms with van der Waals surface area (Å²) in [6, 6.07) is 16.7. The van der Waals surface area contributed by atoms with Crippen molar-refractivity contribution in [2.24, 2.45) is 0 Å². The van der Waals surface area contributed by atoms with E-state index in [4.69, 9.17) is 4.74 Å². The lowest BCUT2D eigenvalue weighted by Gasteiger charge is -2.24. The average molecular weight is 332 g/mol. The molecule has 0 bridgehead atoms. The van der Waals surface area contributed by atoms with Crippen molar-refractivity contribution in [3.63, 3.8) is 0 Å². The molecule has 1 aliphatic heterocycles. The van der Waals surface area contributed by atoms with Crippen LogP contribution in [0.4, 0.5) is 0 Å². The molecule has 1 fully saturated rings. The third-order valence-electron chi connectivity index (χ3n) is 3.58. The number of benzene rings is 2. The molecule has 2 nitrogen and oxygen atoms in total. The van der Waals surface area contributed by atoms with Crippen LogP contribution < -0.4 is 10.1 Å². The Morgan fingerprint density at radius 3 is 2.60 bits per heavy atom. The van der Waals surface area contributed by atoms with Gasteiger partial charge in [0.2, 0.25) is 0 Å². The molecule has 1 atom stereocenters. The first-order valence-corrected chi connectivity index (χ1v) is 7.84. The highest BCUT2D eigenvalue weighted by Crippen LogP contribution is 2.31. The summed E-state index contributed by atoms with van der Waals surface area (Å²) in [7, 11) is 0. The summed E-state index contributed by atoms with van der Waals surface area (Å²) < 4.78 is 7.09. The van der Waals surface area contributed by atoms with Crippen LogP contribution >= 0.6 is 15.9 Å². The Morgan fingerprint density at radius 2 is 1.90 bits per heavy atom. The normalized spacial score (nSPS) is 18.8. The van der Waals surface area contributed by atoms with Crippen molar-refractivity contribution in [2.45, 2.75) is 18.9 Å². The van der Waals surface area contributed by atoms with Crippen molar-refractivity contribution >= 4 is 15.9 Å². The number of rotatable bonds is 3. The largest absolute Gasteiger partial charge is 0.488 e. The Bertz CT molecular complexity index is 564. The molecule has 20 heavy (non-hydrogen) atoms. The molecule has 1 saturated heterocycles. The summed E-state index contributed by atoms with van der Waals surface area (Å²) in [6.45, 7) is 2.04. The van der Waals surface area contributed by atoms with E-state index in [0.29, 0.717) is 0 Å². The van der Waals surface area contributed by atoms with Crippen LogP contribution in [0, 0.1) is 0 Å². The summed E-state index contributed by atoms with van der Waals surface area (Å²) in [5.41, 5.74) is 2.42. The maximum absolute atomic E-state index is 6.07. The van der Waals surface area contributed by atoms with Crippen LogP contribution in [0.25, 0.3) is 11.1 Å². The van der Waals surface area contributed by atoms with Crippen molar-refractivity contribution in [3.8, 4) is 16.9 Å². The zero-order valence-corrected chi connectivity index (χ0v) is 12.9. The van der Waals surface area contributed by atoms with Gasteiger partial charge in [0.25, 0.3) is 0 Å². The molecule has 0 radical (unpaired) electrons.